The number of hydrogen-bond donors (Lipinski definition) is 0. The maximum absolute atomic E-state index is 11.5. The second-order valence-electron chi connectivity index (χ2n) is 7.93. The van der Waals surface area contributed by atoms with E-state index in [0.717, 1.165) is 42.2 Å². The monoisotopic (exact) mass is 444 g/mol. The molecule has 1 fully saturated rings. The first-order valence-corrected chi connectivity index (χ1v) is 12.1. The molecule has 2 aromatic heterocycles. The lowest BCUT2D eigenvalue weighted by atomic mass is 10.1. The molecule has 0 radical (unpaired) electrons. The Kier molecular flexibility index (Phi) is 5.83. The summed E-state index contributed by atoms with van der Waals surface area (Å²) >= 11 is 0. The third-order valence-electron chi connectivity index (χ3n) is 5.59. The molecule has 0 aliphatic carbocycles. The Bertz CT molecular complexity index is 1180. The molecule has 1 aliphatic heterocycles. The summed E-state index contributed by atoms with van der Waals surface area (Å²) in [6.45, 7) is 2.77. The number of benzene rings is 2. The summed E-state index contributed by atoms with van der Waals surface area (Å²) in [7, 11) is -1.06. The van der Waals surface area contributed by atoms with Gasteiger partial charge in [-0.05, 0) is 41.5 Å². The third kappa shape index (κ3) is 4.64. The van der Waals surface area contributed by atoms with Gasteiger partial charge in [-0.25, -0.2) is 9.97 Å². The zero-order valence-electron chi connectivity index (χ0n) is 17.8. The van der Waals surface area contributed by atoms with Gasteiger partial charge in [0.2, 0.25) is 0 Å². The lowest BCUT2D eigenvalue weighted by molar-refractivity contribution is 0.0146. The molecule has 3 heterocycles. The summed E-state index contributed by atoms with van der Waals surface area (Å²) in [5.41, 5.74) is 4.47. The molecule has 6 nitrogen and oxygen atoms in total. The quantitative estimate of drug-likeness (QED) is 0.432. The first kappa shape index (κ1) is 20.6. The molecule has 1 unspecified atom stereocenters. The molecule has 0 saturated carbocycles. The van der Waals surface area contributed by atoms with Gasteiger partial charge in [-0.15, -0.1) is 0 Å². The molecule has 0 N–H and O–H groups in total. The van der Waals surface area contributed by atoms with Crippen LogP contribution in [0.3, 0.4) is 0 Å². The molecule has 4 aromatic rings. The Hall–Kier alpha value is -3.29. The molecule has 5 rings (SSSR count). The van der Waals surface area contributed by atoms with E-state index < -0.39 is 10.8 Å². The fourth-order valence-electron chi connectivity index (χ4n) is 3.81. The Morgan fingerprint density at radius 2 is 1.75 bits per heavy atom. The zero-order chi connectivity index (χ0) is 21.9. The topological polar surface area (TPSA) is 60.2 Å². The second kappa shape index (κ2) is 9.06. The average molecular weight is 445 g/mol. The van der Waals surface area contributed by atoms with E-state index in [2.05, 4.69) is 39.1 Å². The van der Waals surface area contributed by atoms with E-state index in [1.54, 1.807) is 25.0 Å². The summed E-state index contributed by atoms with van der Waals surface area (Å²) < 4.78 is 19.6. The highest BCUT2D eigenvalue weighted by atomic mass is 32.2. The van der Waals surface area contributed by atoms with Crippen LogP contribution in [0.2, 0.25) is 0 Å². The molecule has 162 valence electrons. The fraction of sp³-hybridized carbons (Fsp3) is 0.200. The molecule has 0 bridgehead atoms. The van der Waals surface area contributed by atoms with E-state index in [1.807, 2.05) is 47.2 Å². The zero-order valence-corrected chi connectivity index (χ0v) is 18.6. The minimum Gasteiger partial charge on any atom is -0.488 e. The molecule has 7 heteroatoms. The number of ether oxygens (including phenoxy) is 1. The summed E-state index contributed by atoms with van der Waals surface area (Å²) in [5, 5.41) is 0.595. The van der Waals surface area contributed by atoms with Crippen LogP contribution in [0.5, 0.6) is 5.75 Å². The van der Waals surface area contributed by atoms with Crippen LogP contribution in [0, 0.1) is 0 Å². The smallest absolute Gasteiger partial charge is 0.126 e. The molecular formula is C25H24N4O2S. The first-order chi connectivity index (χ1) is 15.6. The molecule has 0 amide bonds. The Labute approximate surface area is 190 Å². The van der Waals surface area contributed by atoms with Gasteiger partial charge in [0.05, 0.1) is 17.1 Å². The number of aromatic nitrogens is 3. The van der Waals surface area contributed by atoms with Gasteiger partial charge in [-0.3, -0.25) is 9.11 Å². The first-order valence-electron chi connectivity index (χ1n) is 10.5. The van der Waals surface area contributed by atoms with Crippen molar-refractivity contribution in [2.75, 3.05) is 19.3 Å². The van der Waals surface area contributed by atoms with Crippen molar-refractivity contribution in [3.8, 4) is 22.6 Å². The van der Waals surface area contributed by atoms with Gasteiger partial charge in [0.25, 0.3) is 0 Å². The van der Waals surface area contributed by atoms with E-state index in [1.165, 1.54) is 5.56 Å². The fourth-order valence-corrected chi connectivity index (χ4v) is 4.27. The van der Waals surface area contributed by atoms with Gasteiger partial charge in [0.15, 0.2) is 0 Å². The molecule has 32 heavy (non-hydrogen) atoms. The molecular weight excluding hydrogens is 420 g/mol. The largest absolute Gasteiger partial charge is 0.488 e. The van der Waals surface area contributed by atoms with E-state index in [9.17, 15) is 4.21 Å². The van der Waals surface area contributed by atoms with Crippen molar-refractivity contribution in [1.29, 1.82) is 0 Å². The number of pyridine rings is 1. The maximum Gasteiger partial charge on any atom is 0.126 e. The average Bonchev–Trinajstić information content (AvgIpc) is 3.34. The third-order valence-corrected chi connectivity index (χ3v) is 6.42. The van der Waals surface area contributed by atoms with Crippen LogP contribution >= 0.6 is 0 Å². The number of imidazole rings is 1. The van der Waals surface area contributed by atoms with Gasteiger partial charge in [0, 0.05) is 55.7 Å². The van der Waals surface area contributed by atoms with Gasteiger partial charge in [-0.2, -0.15) is 0 Å². The van der Waals surface area contributed by atoms with Crippen molar-refractivity contribution >= 4 is 10.8 Å². The highest BCUT2D eigenvalue weighted by molar-refractivity contribution is 7.84. The van der Waals surface area contributed by atoms with E-state index in [0.29, 0.717) is 5.03 Å². The lowest BCUT2D eigenvalue weighted by Crippen LogP contribution is -2.53. The van der Waals surface area contributed by atoms with Crippen molar-refractivity contribution in [1.82, 2.24) is 19.4 Å². The van der Waals surface area contributed by atoms with Crippen LogP contribution in [-0.2, 0) is 17.3 Å². The number of rotatable bonds is 7. The molecule has 1 atom stereocenters. The van der Waals surface area contributed by atoms with Gasteiger partial charge in [-0.1, -0.05) is 30.3 Å². The number of nitrogens with zero attached hydrogens (tertiary/aromatic N) is 4. The molecule has 1 aliphatic rings. The number of likely N-dealkylation sites (tertiary alicyclic amines) is 1. The van der Waals surface area contributed by atoms with Gasteiger partial charge >= 0.3 is 0 Å². The number of hydrogen-bond acceptors (Lipinski definition) is 5. The van der Waals surface area contributed by atoms with Crippen molar-refractivity contribution in [2.45, 2.75) is 17.7 Å². The molecule has 2 aromatic carbocycles. The minimum atomic E-state index is -1.06. The van der Waals surface area contributed by atoms with Crippen LogP contribution < -0.4 is 4.74 Å². The van der Waals surface area contributed by atoms with Crippen LogP contribution in [-0.4, -0.2) is 49.1 Å². The van der Waals surface area contributed by atoms with Gasteiger partial charge < -0.3 is 9.30 Å². The van der Waals surface area contributed by atoms with Crippen LogP contribution in [0.4, 0.5) is 0 Å². The van der Waals surface area contributed by atoms with Crippen LogP contribution in [0.1, 0.15) is 5.56 Å². The summed E-state index contributed by atoms with van der Waals surface area (Å²) in [4.78, 5) is 10.7. The van der Waals surface area contributed by atoms with Crippen LogP contribution in [0.15, 0.2) is 90.6 Å². The van der Waals surface area contributed by atoms with E-state index in [-0.39, 0.29) is 6.10 Å². The highest BCUT2D eigenvalue weighted by Gasteiger charge is 2.28. The lowest BCUT2D eigenvalue weighted by Gasteiger charge is -2.39. The van der Waals surface area contributed by atoms with Crippen molar-refractivity contribution in [3.05, 3.63) is 91.1 Å². The van der Waals surface area contributed by atoms with Crippen molar-refractivity contribution in [2.24, 2.45) is 0 Å². The van der Waals surface area contributed by atoms with Crippen LogP contribution in [0.25, 0.3) is 16.8 Å². The predicted molar refractivity (Wildman–Crippen MR) is 125 cm³/mol. The normalized spacial score (nSPS) is 15.3. The summed E-state index contributed by atoms with van der Waals surface area (Å²) in [6.07, 6.45) is 9.15. The SMILES string of the molecule is CS(=O)c1ccc(-c2ccc(OC3CN(Cc4ccc(-n5ccnc5)cc4)C3)cc2)cn1. The molecule has 1 saturated heterocycles. The van der Waals surface area contributed by atoms with Gasteiger partial charge in [0.1, 0.15) is 16.9 Å². The van der Waals surface area contributed by atoms with Crippen molar-refractivity contribution < 1.29 is 8.95 Å². The predicted octanol–water partition coefficient (Wildman–Crippen LogP) is 3.93. The van der Waals surface area contributed by atoms with Crippen molar-refractivity contribution in [3.63, 3.8) is 0 Å². The second-order valence-corrected chi connectivity index (χ2v) is 9.26. The van der Waals surface area contributed by atoms with E-state index in [4.69, 9.17) is 4.74 Å². The Morgan fingerprint density at radius 1 is 1.00 bits per heavy atom. The maximum atomic E-state index is 11.5. The standard InChI is InChI=1S/C25H24N4O2S/c1-32(30)25-11-6-21(14-27-25)20-4-9-23(10-5-20)31-24-16-28(17-24)15-19-2-7-22(8-3-19)29-13-12-26-18-29/h2-14,18,24H,15-17H2,1H3. The summed E-state index contributed by atoms with van der Waals surface area (Å²) in [6, 6.07) is 20.4. The summed E-state index contributed by atoms with van der Waals surface area (Å²) in [5.74, 6) is 0.877. The highest BCUT2D eigenvalue weighted by Crippen LogP contribution is 2.25. The Morgan fingerprint density at radius 3 is 2.38 bits per heavy atom. The Balaban J connectivity index is 1.11. The molecule has 0 spiro atoms. The van der Waals surface area contributed by atoms with E-state index >= 15 is 0 Å². The minimum absolute atomic E-state index is 0.214.